The maximum Gasteiger partial charge on any atom is 0.235 e. The van der Waals surface area contributed by atoms with Crippen LogP contribution in [-0.2, 0) is 22.0 Å². The molecule has 6 nitrogen and oxygen atoms in total. The van der Waals surface area contributed by atoms with Crippen LogP contribution in [0.4, 0.5) is 10.1 Å². The van der Waals surface area contributed by atoms with E-state index in [4.69, 9.17) is 0 Å². The molecule has 0 radical (unpaired) electrons. The van der Waals surface area contributed by atoms with Gasteiger partial charge in [0.2, 0.25) is 11.4 Å². The standard InChI is InChI=1S/C36H37FN2O4/c1-35(2,3)25-17-20(18-26(34(25)43)36(4,5)6)11-16-29(40)39(7)28-10-8-9-21-12-15-27(38-31(21)28)30-32(41)23-14-13-22(37)19-24(23)33(30)42/h8-10,12-15,17-19,30,43H,11,16H2,1-7H3/p+1. The Labute approximate surface area is 251 Å². The van der Waals surface area contributed by atoms with E-state index in [1.165, 1.54) is 12.1 Å². The number of benzene rings is 3. The van der Waals surface area contributed by atoms with E-state index in [9.17, 15) is 23.9 Å². The number of rotatable bonds is 5. The number of para-hydroxylation sites is 1. The molecule has 222 valence electrons. The molecule has 1 aliphatic rings. The van der Waals surface area contributed by atoms with Crippen LogP contribution in [0.2, 0.25) is 0 Å². The van der Waals surface area contributed by atoms with Gasteiger partial charge in [0.15, 0.2) is 23.2 Å². The van der Waals surface area contributed by atoms with E-state index in [2.05, 4.69) is 46.5 Å². The summed E-state index contributed by atoms with van der Waals surface area (Å²) in [6.07, 6.45) is 0.736. The molecule has 0 saturated carbocycles. The zero-order valence-electron chi connectivity index (χ0n) is 25.8. The van der Waals surface area contributed by atoms with Crippen molar-refractivity contribution in [1.29, 1.82) is 0 Å². The molecule has 1 aromatic heterocycles. The molecule has 0 spiro atoms. The van der Waals surface area contributed by atoms with Crippen LogP contribution in [0.25, 0.3) is 10.9 Å². The summed E-state index contributed by atoms with van der Waals surface area (Å²) in [6, 6.07) is 16.7. The fourth-order valence-electron chi connectivity index (χ4n) is 5.83. The van der Waals surface area contributed by atoms with Crippen molar-refractivity contribution in [1.82, 2.24) is 0 Å². The SMILES string of the molecule is CN(C(=O)CCc1cc(C(C)(C)C)c(O)c(C(C)(C)C)c1)c1cccc2ccc(C3C(=O)c4ccc(F)cc4C3=O)[nH+]c12. The number of aryl methyl sites for hydroxylation is 1. The van der Waals surface area contributed by atoms with Crippen molar-refractivity contribution < 1.29 is 28.9 Å². The number of phenols is 1. The van der Waals surface area contributed by atoms with Crippen molar-refractivity contribution in [2.45, 2.75) is 71.1 Å². The van der Waals surface area contributed by atoms with E-state index in [1.807, 2.05) is 36.4 Å². The maximum atomic E-state index is 13.8. The summed E-state index contributed by atoms with van der Waals surface area (Å²) in [5, 5.41) is 11.9. The van der Waals surface area contributed by atoms with Gasteiger partial charge >= 0.3 is 0 Å². The molecule has 4 aromatic rings. The highest BCUT2D eigenvalue weighted by atomic mass is 19.1. The van der Waals surface area contributed by atoms with Crippen LogP contribution in [-0.4, -0.2) is 29.6 Å². The molecule has 1 atom stereocenters. The first-order valence-corrected chi connectivity index (χ1v) is 14.5. The molecule has 5 rings (SSSR count). The number of aromatic amines is 1. The van der Waals surface area contributed by atoms with E-state index in [-0.39, 0.29) is 40.1 Å². The molecule has 0 bridgehead atoms. The predicted octanol–water partition coefficient (Wildman–Crippen LogP) is 6.85. The van der Waals surface area contributed by atoms with Crippen molar-refractivity contribution in [3.63, 3.8) is 0 Å². The molecule has 7 heteroatoms. The van der Waals surface area contributed by atoms with Gasteiger partial charge < -0.3 is 10.0 Å². The van der Waals surface area contributed by atoms with Gasteiger partial charge in [-0.15, -0.1) is 0 Å². The number of carbonyl (C=O) groups is 3. The quantitative estimate of drug-likeness (QED) is 0.261. The Morgan fingerprint density at radius 2 is 1.51 bits per heavy atom. The fraction of sp³-hybridized carbons (Fsp3) is 0.333. The van der Waals surface area contributed by atoms with E-state index >= 15 is 0 Å². The second-order valence-electron chi connectivity index (χ2n) is 13.5. The number of carbonyl (C=O) groups excluding carboxylic acids is 3. The van der Waals surface area contributed by atoms with Crippen molar-refractivity contribution in [2.24, 2.45) is 0 Å². The Morgan fingerprint density at radius 1 is 0.884 bits per heavy atom. The van der Waals surface area contributed by atoms with Gasteiger partial charge in [-0.3, -0.25) is 14.4 Å². The molecular formula is C36H38FN2O4+. The minimum Gasteiger partial charge on any atom is -0.507 e. The molecule has 3 aromatic carbocycles. The lowest BCUT2D eigenvalue weighted by molar-refractivity contribution is -0.356. The number of anilines is 1. The number of H-pyrrole nitrogens is 1. The van der Waals surface area contributed by atoms with E-state index < -0.39 is 17.5 Å². The number of hydrogen-bond acceptors (Lipinski definition) is 4. The number of ketones is 2. The van der Waals surface area contributed by atoms with Gasteiger partial charge in [-0.25, -0.2) is 9.37 Å². The Hall–Kier alpha value is -4.39. The molecule has 0 saturated heterocycles. The molecule has 1 heterocycles. The van der Waals surface area contributed by atoms with Crippen LogP contribution in [0.1, 0.15) is 97.0 Å². The zero-order chi connectivity index (χ0) is 31.4. The number of Topliss-reactive ketones (excluding diaryl/α,β-unsaturated/α-hetero) is 2. The second-order valence-corrected chi connectivity index (χ2v) is 13.5. The number of nitrogens with zero attached hydrogens (tertiary/aromatic N) is 1. The van der Waals surface area contributed by atoms with Gasteiger partial charge in [-0.2, -0.15) is 0 Å². The summed E-state index contributed by atoms with van der Waals surface area (Å²) in [6.45, 7) is 12.4. The Balaban J connectivity index is 1.43. The molecule has 0 aliphatic heterocycles. The summed E-state index contributed by atoms with van der Waals surface area (Å²) in [7, 11) is 1.71. The molecule has 2 N–H and O–H groups in total. The molecule has 1 aliphatic carbocycles. The lowest BCUT2D eigenvalue weighted by Crippen LogP contribution is -2.29. The summed E-state index contributed by atoms with van der Waals surface area (Å²) in [5.74, 6) is -2.29. The summed E-state index contributed by atoms with van der Waals surface area (Å²) < 4.78 is 13.8. The van der Waals surface area contributed by atoms with E-state index in [0.29, 0.717) is 29.1 Å². The summed E-state index contributed by atoms with van der Waals surface area (Å²) in [5.41, 5.74) is 4.07. The minimum atomic E-state index is -1.10. The number of phenolic OH excluding ortho intramolecular Hbond substituents is 1. The van der Waals surface area contributed by atoms with E-state index in [0.717, 1.165) is 28.1 Å². The first kappa shape index (κ1) is 30.1. The van der Waals surface area contributed by atoms with Crippen molar-refractivity contribution in [3.8, 4) is 5.75 Å². The summed E-state index contributed by atoms with van der Waals surface area (Å²) >= 11 is 0. The third-order valence-corrected chi connectivity index (χ3v) is 8.28. The van der Waals surface area contributed by atoms with Gasteiger partial charge in [0, 0.05) is 36.0 Å². The Morgan fingerprint density at radius 3 is 2.14 bits per heavy atom. The lowest BCUT2D eigenvalue weighted by Gasteiger charge is -2.28. The fourth-order valence-corrected chi connectivity index (χ4v) is 5.83. The number of halogens is 1. The molecule has 1 amide bonds. The predicted molar refractivity (Wildman–Crippen MR) is 166 cm³/mol. The summed E-state index contributed by atoms with van der Waals surface area (Å²) in [4.78, 5) is 44.7. The van der Waals surface area contributed by atoms with Crippen LogP contribution in [0.5, 0.6) is 5.75 Å². The normalized spacial score (nSPS) is 15.2. The van der Waals surface area contributed by atoms with Gasteiger partial charge in [-0.05, 0) is 70.3 Å². The average molecular weight is 582 g/mol. The Bertz CT molecular complexity index is 1760. The number of aromatic nitrogens is 1. The molecule has 0 fully saturated rings. The van der Waals surface area contributed by atoms with Crippen LogP contribution in [0, 0.1) is 5.82 Å². The van der Waals surface area contributed by atoms with Crippen molar-refractivity contribution >= 4 is 34.1 Å². The monoisotopic (exact) mass is 581 g/mol. The van der Waals surface area contributed by atoms with Gasteiger partial charge in [0.25, 0.3) is 0 Å². The third kappa shape index (κ3) is 5.56. The minimum absolute atomic E-state index is 0.0857. The molecule has 43 heavy (non-hydrogen) atoms. The maximum absolute atomic E-state index is 13.8. The van der Waals surface area contributed by atoms with Gasteiger partial charge in [0.05, 0.1) is 0 Å². The molecular weight excluding hydrogens is 543 g/mol. The highest BCUT2D eigenvalue weighted by molar-refractivity contribution is 6.29. The highest BCUT2D eigenvalue weighted by Crippen LogP contribution is 2.40. The van der Waals surface area contributed by atoms with Crippen LogP contribution in [0.15, 0.2) is 60.7 Å². The van der Waals surface area contributed by atoms with Crippen LogP contribution >= 0.6 is 0 Å². The van der Waals surface area contributed by atoms with Crippen LogP contribution < -0.4 is 9.88 Å². The zero-order valence-corrected chi connectivity index (χ0v) is 25.8. The average Bonchev–Trinajstić information content (AvgIpc) is 3.18. The number of nitrogens with one attached hydrogen (secondary N) is 1. The third-order valence-electron chi connectivity index (χ3n) is 8.28. The van der Waals surface area contributed by atoms with Crippen molar-refractivity contribution in [3.05, 3.63) is 100.0 Å². The largest absolute Gasteiger partial charge is 0.507 e. The first-order chi connectivity index (χ1) is 20.1. The van der Waals surface area contributed by atoms with Gasteiger partial charge in [0.1, 0.15) is 17.3 Å². The Kier molecular flexibility index (Phi) is 7.49. The van der Waals surface area contributed by atoms with E-state index in [1.54, 1.807) is 18.0 Å². The topological polar surface area (TPSA) is 88.8 Å². The van der Waals surface area contributed by atoms with Crippen LogP contribution in [0.3, 0.4) is 0 Å². The highest BCUT2D eigenvalue weighted by Gasteiger charge is 2.43. The first-order valence-electron chi connectivity index (χ1n) is 14.5. The number of fused-ring (bicyclic) bond motifs is 2. The number of aromatic hydroxyl groups is 1. The number of amides is 1. The van der Waals surface area contributed by atoms with Crippen molar-refractivity contribution in [2.75, 3.05) is 11.9 Å². The molecule has 1 unspecified atom stereocenters. The number of pyridine rings is 1. The van der Waals surface area contributed by atoms with Gasteiger partial charge in [-0.1, -0.05) is 59.7 Å². The smallest absolute Gasteiger partial charge is 0.235 e. The second kappa shape index (κ2) is 10.7. The number of hydrogen-bond donors (Lipinski definition) is 1. The lowest BCUT2D eigenvalue weighted by atomic mass is 9.78.